The number of sulfonamides is 1. The zero-order chi connectivity index (χ0) is 22.4. The van der Waals surface area contributed by atoms with Crippen LogP contribution in [0.3, 0.4) is 0 Å². The molecule has 1 aromatic rings. The van der Waals surface area contributed by atoms with Crippen LogP contribution in [0.5, 0.6) is 11.5 Å². The highest BCUT2D eigenvalue weighted by Crippen LogP contribution is 2.34. The van der Waals surface area contributed by atoms with Crippen LogP contribution in [0.2, 0.25) is 0 Å². The Morgan fingerprint density at radius 3 is 2.52 bits per heavy atom. The molecule has 1 aromatic carbocycles. The summed E-state index contributed by atoms with van der Waals surface area (Å²) in [4.78, 5) is 24.2. The molecular formula is C21H30N2O7S. The second kappa shape index (κ2) is 10.3. The number of carbonyl (C=O) groups excluding carboxylic acids is 2. The fourth-order valence-electron chi connectivity index (χ4n) is 3.47. The van der Waals surface area contributed by atoms with Gasteiger partial charge in [0.05, 0.1) is 10.8 Å². The molecule has 0 spiro atoms. The maximum Gasteiger partial charge on any atom is 0.309 e. The van der Waals surface area contributed by atoms with E-state index < -0.39 is 21.9 Å². The van der Waals surface area contributed by atoms with Gasteiger partial charge in [-0.1, -0.05) is 13.8 Å². The molecular weight excluding hydrogens is 424 g/mol. The third-order valence-electron chi connectivity index (χ3n) is 5.33. The maximum atomic E-state index is 13.0. The number of nitrogens with one attached hydrogen (secondary N) is 1. The van der Waals surface area contributed by atoms with Crippen LogP contribution in [0.25, 0.3) is 0 Å². The number of nitrogens with zero attached hydrogens (tertiary/aromatic N) is 1. The van der Waals surface area contributed by atoms with Crippen molar-refractivity contribution in [2.24, 2.45) is 11.8 Å². The lowest BCUT2D eigenvalue weighted by Crippen LogP contribution is -2.41. The van der Waals surface area contributed by atoms with Gasteiger partial charge in [0, 0.05) is 25.7 Å². The maximum absolute atomic E-state index is 13.0. The summed E-state index contributed by atoms with van der Waals surface area (Å²) in [6, 6.07) is 4.57. The van der Waals surface area contributed by atoms with Gasteiger partial charge in [0.25, 0.3) is 5.91 Å². The first-order valence-corrected chi connectivity index (χ1v) is 12.0. The smallest absolute Gasteiger partial charge is 0.309 e. The van der Waals surface area contributed by atoms with Gasteiger partial charge >= 0.3 is 5.97 Å². The van der Waals surface area contributed by atoms with Gasteiger partial charge in [0.15, 0.2) is 18.1 Å². The first-order chi connectivity index (χ1) is 14.8. The van der Waals surface area contributed by atoms with Gasteiger partial charge in [0.1, 0.15) is 13.2 Å². The highest BCUT2D eigenvalue weighted by molar-refractivity contribution is 7.89. The van der Waals surface area contributed by atoms with Gasteiger partial charge in [-0.15, -0.1) is 0 Å². The quantitative estimate of drug-likeness (QED) is 0.594. The Balaban J connectivity index is 1.48. The topological polar surface area (TPSA) is 111 Å². The SMILES string of the molecule is CC(C)CCNC(=O)COC(=O)C1CCN(S(=O)(=O)c2ccc3c(c2)OCCO3)CC1. The van der Waals surface area contributed by atoms with Crippen LogP contribution in [0.15, 0.2) is 23.1 Å². The van der Waals surface area contributed by atoms with Crippen LogP contribution in [0.1, 0.15) is 33.1 Å². The molecule has 31 heavy (non-hydrogen) atoms. The van der Waals surface area contributed by atoms with E-state index >= 15 is 0 Å². The average Bonchev–Trinajstić information content (AvgIpc) is 2.77. The molecule has 0 bridgehead atoms. The fourth-order valence-corrected chi connectivity index (χ4v) is 4.96. The monoisotopic (exact) mass is 454 g/mol. The van der Waals surface area contributed by atoms with Gasteiger partial charge in [-0.25, -0.2) is 8.42 Å². The number of ether oxygens (including phenoxy) is 3. The number of hydrogen-bond acceptors (Lipinski definition) is 7. The number of amides is 1. The van der Waals surface area contributed by atoms with Crippen LogP contribution in [-0.2, 0) is 24.3 Å². The van der Waals surface area contributed by atoms with Crippen molar-refractivity contribution in [1.29, 1.82) is 0 Å². The molecule has 1 fully saturated rings. The van der Waals surface area contributed by atoms with Crippen molar-refractivity contribution in [3.05, 3.63) is 18.2 Å². The second-order valence-electron chi connectivity index (χ2n) is 8.12. The van der Waals surface area contributed by atoms with Crippen molar-refractivity contribution in [1.82, 2.24) is 9.62 Å². The number of rotatable bonds is 8. The second-order valence-corrected chi connectivity index (χ2v) is 10.1. The zero-order valence-corrected chi connectivity index (χ0v) is 18.8. The largest absolute Gasteiger partial charge is 0.486 e. The number of carbonyl (C=O) groups is 2. The molecule has 0 atom stereocenters. The van der Waals surface area contributed by atoms with E-state index in [0.717, 1.165) is 6.42 Å². The Kier molecular flexibility index (Phi) is 7.77. The van der Waals surface area contributed by atoms with Crippen molar-refractivity contribution in [3.63, 3.8) is 0 Å². The Bertz CT molecular complexity index is 893. The minimum atomic E-state index is -3.71. The first kappa shape index (κ1) is 23.3. The molecule has 0 saturated carbocycles. The Morgan fingerprint density at radius 2 is 1.84 bits per heavy atom. The summed E-state index contributed by atoms with van der Waals surface area (Å²) in [7, 11) is -3.71. The molecule has 0 unspecified atom stereocenters. The number of esters is 1. The molecule has 0 aliphatic carbocycles. The molecule has 1 saturated heterocycles. The summed E-state index contributed by atoms with van der Waals surface area (Å²) < 4.78 is 43.3. The molecule has 2 heterocycles. The summed E-state index contributed by atoms with van der Waals surface area (Å²) in [5.41, 5.74) is 0. The minimum Gasteiger partial charge on any atom is -0.486 e. The van der Waals surface area contributed by atoms with E-state index in [0.29, 0.717) is 50.0 Å². The van der Waals surface area contributed by atoms with Gasteiger partial charge < -0.3 is 19.5 Å². The summed E-state index contributed by atoms with van der Waals surface area (Å²) in [5.74, 6) is 0.210. The lowest BCUT2D eigenvalue weighted by atomic mass is 9.98. The van der Waals surface area contributed by atoms with Crippen LogP contribution in [0, 0.1) is 11.8 Å². The van der Waals surface area contributed by atoms with Gasteiger partial charge in [-0.3, -0.25) is 9.59 Å². The Hall–Kier alpha value is -2.33. The van der Waals surface area contributed by atoms with Crippen LogP contribution in [-0.4, -0.2) is 64.1 Å². The van der Waals surface area contributed by atoms with E-state index in [1.807, 2.05) is 0 Å². The molecule has 0 aromatic heterocycles. The summed E-state index contributed by atoms with van der Waals surface area (Å²) in [5, 5.41) is 2.72. The highest BCUT2D eigenvalue weighted by Gasteiger charge is 2.33. The number of fused-ring (bicyclic) bond motifs is 1. The van der Waals surface area contributed by atoms with Crippen LogP contribution < -0.4 is 14.8 Å². The van der Waals surface area contributed by atoms with E-state index in [4.69, 9.17) is 14.2 Å². The lowest BCUT2D eigenvalue weighted by molar-refractivity contribution is -0.153. The van der Waals surface area contributed by atoms with E-state index in [-0.39, 0.29) is 30.5 Å². The third kappa shape index (κ3) is 6.10. The predicted octanol–water partition coefficient (Wildman–Crippen LogP) is 1.56. The van der Waals surface area contributed by atoms with Crippen molar-refractivity contribution in [3.8, 4) is 11.5 Å². The number of hydrogen-bond donors (Lipinski definition) is 1. The molecule has 1 N–H and O–H groups in total. The normalized spacial score (nSPS) is 17.4. The molecule has 2 aliphatic rings. The van der Waals surface area contributed by atoms with E-state index in [1.165, 1.54) is 16.4 Å². The Labute approximate surface area is 183 Å². The molecule has 10 heteroatoms. The minimum absolute atomic E-state index is 0.135. The van der Waals surface area contributed by atoms with E-state index in [1.54, 1.807) is 6.07 Å². The molecule has 2 aliphatic heterocycles. The predicted molar refractivity (Wildman–Crippen MR) is 112 cm³/mol. The Morgan fingerprint density at radius 1 is 1.16 bits per heavy atom. The van der Waals surface area contributed by atoms with Gasteiger partial charge in [-0.05, 0) is 37.3 Å². The van der Waals surface area contributed by atoms with Gasteiger partial charge in [0.2, 0.25) is 10.0 Å². The van der Waals surface area contributed by atoms with Crippen molar-refractivity contribution >= 4 is 21.9 Å². The summed E-state index contributed by atoms with van der Waals surface area (Å²) in [6.07, 6.45) is 1.55. The number of benzene rings is 1. The molecule has 3 rings (SSSR count). The van der Waals surface area contributed by atoms with E-state index in [9.17, 15) is 18.0 Å². The standard InChI is InChI=1S/C21H30N2O7S/c1-15(2)5-8-22-20(24)14-30-21(25)16-6-9-23(10-7-16)31(26,27)17-3-4-18-19(13-17)29-12-11-28-18/h3-4,13,15-16H,5-12,14H2,1-2H3,(H,22,24). The summed E-state index contributed by atoms with van der Waals surface area (Å²) in [6.45, 7) is 5.58. The molecule has 172 valence electrons. The molecule has 1 amide bonds. The zero-order valence-electron chi connectivity index (χ0n) is 18.0. The van der Waals surface area contributed by atoms with E-state index in [2.05, 4.69) is 19.2 Å². The van der Waals surface area contributed by atoms with Crippen molar-refractivity contribution < 1.29 is 32.2 Å². The van der Waals surface area contributed by atoms with Crippen molar-refractivity contribution in [2.75, 3.05) is 39.5 Å². The summed E-state index contributed by atoms with van der Waals surface area (Å²) >= 11 is 0. The lowest BCUT2D eigenvalue weighted by Gasteiger charge is -2.30. The highest BCUT2D eigenvalue weighted by atomic mass is 32.2. The molecule has 0 radical (unpaired) electrons. The third-order valence-corrected chi connectivity index (χ3v) is 7.22. The first-order valence-electron chi connectivity index (χ1n) is 10.6. The molecule has 9 nitrogen and oxygen atoms in total. The van der Waals surface area contributed by atoms with Gasteiger partial charge in [-0.2, -0.15) is 4.31 Å². The van der Waals surface area contributed by atoms with Crippen LogP contribution in [0.4, 0.5) is 0 Å². The van der Waals surface area contributed by atoms with Crippen molar-refractivity contribution in [2.45, 2.75) is 38.0 Å². The fraction of sp³-hybridized carbons (Fsp3) is 0.619. The average molecular weight is 455 g/mol. The van der Waals surface area contributed by atoms with Crippen LogP contribution >= 0.6 is 0 Å². The number of piperidine rings is 1.